The highest BCUT2D eigenvalue weighted by molar-refractivity contribution is 6.03. The van der Waals surface area contributed by atoms with E-state index in [9.17, 15) is 45.9 Å². The molecule has 1 saturated heterocycles. The van der Waals surface area contributed by atoms with E-state index in [1.807, 2.05) is 6.07 Å². The van der Waals surface area contributed by atoms with E-state index >= 15 is 0 Å². The first-order valence-corrected chi connectivity index (χ1v) is 19.9. The van der Waals surface area contributed by atoms with Crippen LogP contribution in [0.5, 0.6) is 0 Å². The van der Waals surface area contributed by atoms with E-state index in [4.69, 9.17) is 18.3 Å². The number of hydrogen-bond donors (Lipinski definition) is 3. The van der Waals surface area contributed by atoms with Gasteiger partial charge < -0.3 is 28.9 Å². The Kier molecular flexibility index (Phi) is 14.0. The number of amides is 4. The maximum atomic E-state index is 14.0. The van der Waals surface area contributed by atoms with Crippen molar-refractivity contribution >= 4 is 40.4 Å². The van der Waals surface area contributed by atoms with Crippen LogP contribution in [0, 0.1) is 0 Å². The van der Waals surface area contributed by atoms with Crippen LogP contribution >= 0.6 is 0 Å². The summed E-state index contributed by atoms with van der Waals surface area (Å²) in [5.41, 5.74) is 1.26. The van der Waals surface area contributed by atoms with Gasteiger partial charge in [0.1, 0.15) is 12.3 Å². The fraction of sp³-hybridized carbons (Fsp3) is 0.333. The third-order valence-corrected chi connectivity index (χ3v) is 9.94. The molecule has 3 N–H and O–H groups in total. The van der Waals surface area contributed by atoms with Crippen molar-refractivity contribution in [1.29, 1.82) is 0 Å². The zero-order valence-electron chi connectivity index (χ0n) is 33.7. The van der Waals surface area contributed by atoms with E-state index < -0.39 is 54.2 Å². The standard InChI is InChI=1S/C42H39F5N8O9/c43-36(44)34-29(50-38(58)30-23-63-40(51-30)26-13-15-48-27(21-26)12-14-42(45,46)47)22-54(53-34)28-8-6-25(7-9-28)37(57)49-16-18-62-20-19-61-17-2-4-24-3-1-5-31-35(24)64-41(60)55(31)32-10-11-33(56)52-39(32)59/h1,3,5-9,13,15,21-23,32,36H,2,4,10-12,14,16-20H2,(H,49,57)(H,50,58)(H,52,56,59). The minimum absolute atomic E-state index is 0.0919. The van der Waals surface area contributed by atoms with Gasteiger partial charge >= 0.3 is 11.9 Å². The predicted molar refractivity (Wildman–Crippen MR) is 215 cm³/mol. The summed E-state index contributed by atoms with van der Waals surface area (Å²) in [5, 5.41) is 11.2. The third kappa shape index (κ3) is 11.1. The van der Waals surface area contributed by atoms with Crippen LogP contribution in [0.25, 0.3) is 28.2 Å². The molecule has 1 atom stereocenters. The maximum absolute atomic E-state index is 14.0. The lowest BCUT2D eigenvalue weighted by Crippen LogP contribution is -2.43. The second-order valence-electron chi connectivity index (χ2n) is 14.4. The van der Waals surface area contributed by atoms with Gasteiger partial charge in [-0.25, -0.2) is 23.2 Å². The van der Waals surface area contributed by atoms with E-state index in [1.165, 1.54) is 53.4 Å². The number of para-hydroxylation sites is 1. The van der Waals surface area contributed by atoms with Gasteiger partial charge in [0.2, 0.25) is 17.7 Å². The monoisotopic (exact) mass is 894 g/mol. The molecule has 1 aliphatic rings. The second-order valence-corrected chi connectivity index (χ2v) is 14.4. The molecule has 22 heteroatoms. The summed E-state index contributed by atoms with van der Waals surface area (Å²) in [6.07, 6.45) is -4.01. The van der Waals surface area contributed by atoms with Crippen molar-refractivity contribution in [3.8, 4) is 17.1 Å². The third-order valence-electron chi connectivity index (χ3n) is 9.94. The van der Waals surface area contributed by atoms with E-state index in [2.05, 4.69) is 31.0 Å². The molecular formula is C42H39F5N8O9. The lowest BCUT2D eigenvalue weighted by atomic mass is 10.0. The Labute approximate surface area is 358 Å². The highest BCUT2D eigenvalue weighted by atomic mass is 19.4. The number of aryl methyl sites for hydroxylation is 2. The molecule has 5 heterocycles. The topological polar surface area (TPSA) is 215 Å². The molecule has 1 unspecified atom stereocenters. The highest BCUT2D eigenvalue weighted by Crippen LogP contribution is 2.29. The van der Waals surface area contributed by atoms with Crippen LogP contribution in [-0.4, -0.2) is 87.1 Å². The normalized spacial score (nSPS) is 14.3. The molecule has 64 heavy (non-hydrogen) atoms. The molecule has 7 rings (SSSR count). The quantitative estimate of drug-likeness (QED) is 0.0493. The van der Waals surface area contributed by atoms with Crippen molar-refractivity contribution in [1.82, 2.24) is 34.9 Å². The van der Waals surface area contributed by atoms with Gasteiger partial charge in [0.15, 0.2) is 17.0 Å². The summed E-state index contributed by atoms with van der Waals surface area (Å²) in [7, 11) is 0. The van der Waals surface area contributed by atoms with E-state index in [0.29, 0.717) is 42.8 Å². The smallest absolute Gasteiger partial charge is 0.420 e. The van der Waals surface area contributed by atoms with Crippen LogP contribution in [0.1, 0.15) is 75.9 Å². The first-order chi connectivity index (χ1) is 30.7. The van der Waals surface area contributed by atoms with Gasteiger partial charge in [-0.3, -0.25) is 34.0 Å². The summed E-state index contributed by atoms with van der Waals surface area (Å²) in [6, 6.07) is 13.1. The lowest BCUT2D eigenvalue weighted by molar-refractivity contribution is -0.136. The number of pyridine rings is 1. The Balaban J connectivity index is 0.823. The Morgan fingerprint density at radius 1 is 0.969 bits per heavy atom. The number of nitrogens with one attached hydrogen (secondary N) is 3. The molecule has 336 valence electrons. The van der Waals surface area contributed by atoms with E-state index in [1.54, 1.807) is 12.1 Å². The molecule has 2 aromatic carbocycles. The summed E-state index contributed by atoms with van der Waals surface area (Å²) in [4.78, 5) is 70.3. The number of piperidine rings is 1. The van der Waals surface area contributed by atoms with E-state index in [-0.39, 0.29) is 79.0 Å². The molecule has 17 nitrogen and oxygen atoms in total. The lowest BCUT2D eigenvalue weighted by Gasteiger charge is -2.21. The number of aromatic nitrogens is 5. The molecule has 4 aromatic heterocycles. The summed E-state index contributed by atoms with van der Waals surface area (Å²) < 4.78 is 90.4. The Morgan fingerprint density at radius 3 is 2.50 bits per heavy atom. The summed E-state index contributed by atoms with van der Waals surface area (Å²) >= 11 is 0. The molecule has 4 amide bonds. The minimum atomic E-state index is -4.37. The van der Waals surface area contributed by atoms with Gasteiger partial charge in [-0.15, -0.1) is 0 Å². The number of rotatable bonds is 19. The minimum Gasteiger partial charge on any atom is -0.444 e. The Hall–Kier alpha value is -7.07. The molecule has 0 saturated carbocycles. The van der Waals surface area contributed by atoms with Crippen LogP contribution in [-0.2, 0) is 31.9 Å². The number of imide groups is 1. The highest BCUT2D eigenvalue weighted by Gasteiger charge is 2.32. The SMILES string of the molecule is O=C1CCC(n2c(=O)oc3c(CCCOCCOCCNC(=O)c4ccc(-n5cc(NC(=O)c6coc(-c7ccnc(CCC(F)(F)F)c7)n6)c(C(F)F)n5)cc4)cccc32)C(=O)N1. The molecule has 0 bridgehead atoms. The summed E-state index contributed by atoms with van der Waals surface area (Å²) in [6.45, 7) is 1.33. The average Bonchev–Trinajstić information content (AvgIpc) is 4.02. The first kappa shape index (κ1) is 45.0. The van der Waals surface area contributed by atoms with Crippen molar-refractivity contribution in [3.05, 3.63) is 112 Å². The van der Waals surface area contributed by atoms with Crippen molar-refractivity contribution in [2.45, 2.75) is 57.2 Å². The number of oxazole rings is 2. The van der Waals surface area contributed by atoms with Crippen LogP contribution < -0.4 is 21.7 Å². The van der Waals surface area contributed by atoms with Crippen molar-refractivity contribution < 1.29 is 59.4 Å². The first-order valence-electron chi connectivity index (χ1n) is 19.9. The Morgan fingerprint density at radius 2 is 1.75 bits per heavy atom. The number of alkyl halides is 5. The number of carbonyl (C=O) groups is 4. The number of carbonyl (C=O) groups excluding carboxylic acids is 4. The fourth-order valence-electron chi connectivity index (χ4n) is 6.82. The van der Waals surface area contributed by atoms with Gasteiger partial charge in [0, 0.05) is 49.0 Å². The molecule has 1 aliphatic heterocycles. The molecule has 0 aliphatic carbocycles. The second kappa shape index (κ2) is 20.0. The van der Waals surface area contributed by atoms with Crippen molar-refractivity contribution in [2.24, 2.45) is 0 Å². The van der Waals surface area contributed by atoms with Crippen LogP contribution in [0.2, 0.25) is 0 Å². The maximum Gasteiger partial charge on any atom is 0.420 e. The molecular weight excluding hydrogens is 855 g/mol. The number of halogens is 5. The van der Waals surface area contributed by atoms with Gasteiger partial charge in [-0.05, 0) is 73.7 Å². The molecule has 0 spiro atoms. The van der Waals surface area contributed by atoms with Crippen LogP contribution in [0.15, 0.2) is 86.9 Å². The molecule has 1 fully saturated rings. The number of nitrogens with zero attached hydrogens (tertiary/aromatic N) is 5. The van der Waals surface area contributed by atoms with Crippen LogP contribution in [0.3, 0.4) is 0 Å². The fourth-order valence-corrected chi connectivity index (χ4v) is 6.82. The zero-order valence-corrected chi connectivity index (χ0v) is 33.7. The number of ether oxygens (including phenoxy) is 2. The van der Waals surface area contributed by atoms with Crippen molar-refractivity contribution in [2.75, 3.05) is 38.3 Å². The van der Waals surface area contributed by atoms with Gasteiger partial charge in [-0.2, -0.15) is 18.3 Å². The van der Waals surface area contributed by atoms with E-state index in [0.717, 1.165) is 16.5 Å². The summed E-state index contributed by atoms with van der Waals surface area (Å²) in [5.74, 6) is -3.00. The number of anilines is 1. The molecule has 6 aromatic rings. The number of fused-ring (bicyclic) bond motifs is 1. The zero-order chi connectivity index (χ0) is 45.4. The van der Waals surface area contributed by atoms with Crippen LogP contribution in [0.4, 0.5) is 27.6 Å². The van der Waals surface area contributed by atoms with Gasteiger partial charge in [-0.1, -0.05) is 12.1 Å². The van der Waals surface area contributed by atoms with Gasteiger partial charge in [0.05, 0.1) is 42.9 Å². The number of benzene rings is 2. The molecule has 0 radical (unpaired) electrons. The number of hydrogen-bond acceptors (Lipinski definition) is 12. The predicted octanol–water partition coefficient (Wildman–Crippen LogP) is 5.89. The average molecular weight is 895 g/mol. The Bertz CT molecular complexity index is 2690. The van der Waals surface area contributed by atoms with Crippen molar-refractivity contribution in [3.63, 3.8) is 0 Å². The largest absolute Gasteiger partial charge is 0.444 e. The van der Waals surface area contributed by atoms with Gasteiger partial charge in [0.25, 0.3) is 18.2 Å².